The third kappa shape index (κ3) is 2.75. The molecule has 2 aromatic rings. The molecule has 0 saturated heterocycles. The normalized spacial score (nSPS) is 13.2. The maximum absolute atomic E-state index is 10.2. The van der Waals surface area contributed by atoms with E-state index < -0.39 is 6.10 Å². The summed E-state index contributed by atoms with van der Waals surface area (Å²) in [5.41, 5.74) is 0.910. The van der Waals surface area contributed by atoms with Gasteiger partial charge in [0.15, 0.2) is 0 Å². The van der Waals surface area contributed by atoms with Gasteiger partial charge in [0, 0.05) is 27.9 Å². The molecule has 0 amide bonds. The molecule has 1 N–H and O–H groups in total. The largest absolute Gasteiger partial charge is 0.388 e. The van der Waals surface area contributed by atoms with Gasteiger partial charge < -0.3 is 5.11 Å². The van der Waals surface area contributed by atoms with Crippen LogP contribution in [0.1, 0.15) is 37.4 Å². The molecule has 0 saturated carbocycles. The predicted octanol–water partition coefficient (Wildman–Crippen LogP) is 2.96. The number of rotatable bonds is 4. The zero-order valence-electron chi connectivity index (χ0n) is 9.67. The summed E-state index contributed by atoms with van der Waals surface area (Å²) in [6.45, 7) is 4.09. The molecule has 0 bridgehead atoms. The fourth-order valence-corrected chi connectivity index (χ4v) is 3.27. The summed E-state index contributed by atoms with van der Waals surface area (Å²) in [5, 5.41) is 18.2. The van der Waals surface area contributed by atoms with Gasteiger partial charge in [-0.05, 0) is 35.2 Å². The zero-order valence-corrected chi connectivity index (χ0v) is 12.1. The molecule has 0 radical (unpaired) electrons. The number of hydrogen-bond acceptors (Lipinski definition) is 4. The molecule has 17 heavy (non-hydrogen) atoms. The summed E-state index contributed by atoms with van der Waals surface area (Å²) < 4.78 is 2.79. The Kier molecular flexibility index (Phi) is 3.96. The Bertz CT molecular complexity index is 494. The van der Waals surface area contributed by atoms with E-state index in [2.05, 4.69) is 26.0 Å². The predicted molar refractivity (Wildman–Crippen MR) is 71.1 cm³/mol. The quantitative estimate of drug-likeness (QED) is 0.943. The maximum Gasteiger partial charge on any atom is 0.138 e. The highest BCUT2D eigenvalue weighted by Gasteiger charge is 2.17. The van der Waals surface area contributed by atoms with Crippen molar-refractivity contribution in [2.24, 2.45) is 0 Å². The second-order valence-electron chi connectivity index (χ2n) is 4.11. The van der Waals surface area contributed by atoms with E-state index in [1.165, 1.54) is 6.33 Å². The van der Waals surface area contributed by atoms with E-state index in [9.17, 15) is 5.11 Å². The van der Waals surface area contributed by atoms with Crippen LogP contribution in [0.15, 0.2) is 21.6 Å². The minimum Gasteiger partial charge on any atom is -0.388 e. The Hall–Kier alpha value is -0.720. The molecule has 92 valence electrons. The van der Waals surface area contributed by atoms with E-state index in [1.807, 2.05) is 29.3 Å². The first-order valence-electron chi connectivity index (χ1n) is 5.37. The van der Waals surface area contributed by atoms with Gasteiger partial charge in [0.05, 0.1) is 6.10 Å². The minimum absolute atomic E-state index is 0.255. The van der Waals surface area contributed by atoms with Crippen LogP contribution >= 0.6 is 27.3 Å². The van der Waals surface area contributed by atoms with Crippen molar-refractivity contribution in [2.45, 2.75) is 32.4 Å². The third-order valence-corrected chi connectivity index (χ3v) is 4.27. The molecule has 2 rings (SSSR count). The van der Waals surface area contributed by atoms with E-state index >= 15 is 0 Å². The first-order valence-corrected chi connectivity index (χ1v) is 7.11. The first-order chi connectivity index (χ1) is 8.09. The van der Waals surface area contributed by atoms with Crippen molar-refractivity contribution in [2.75, 3.05) is 0 Å². The fourth-order valence-electron chi connectivity index (χ4n) is 1.66. The summed E-state index contributed by atoms with van der Waals surface area (Å²) in [6, 6.07) is 0.255. The molecule has 4 nitrogen and oxygen atoms in total. The van der Waals surface area contributed by atoms with Gasteiger partial charge in [-0.1, -0.05) is 0 Å². The molecule has 1 unspecified atom stereocenters. The van der Waals surface area contributed by atoms with Crippen molar-refractivity contribution in [1.82, 2.24) is 14.8 Å². The average molecular weight is 316 g/mol. The smallest absolute Gasteiger partial charge is 0.138 e. The Labute approximate surface area is 112 Å². The molecule has 2 heterocycles. The average Bonchev–Trinajstić information content (AvgIpc) is 2.86. The number of halogens is 1. The Balaban J connectivity index is 2.16. The van der Waals surface area contributed by atoms with E-state index in [4.69, 9.17) is 0 Å². The van der Waals surface area contributed by atoms with Crippen LogP contribution < -0.4 is 0 Å². The second kappa shape index (κ2) is 5.29. The van der Waals surface area contributed by atoms with Gasteiger partial charge in [-0.3, -0.25) is 0 Å². The number of aliphatic hydroxyl groups is 1. The molecule has 0 fully saturated rings. The van der Waals surface area contributed by atoms with Crippen molar-refractivity contribution in [3.05, 3.63) is 32.9 Å². The lowest BCUT2D eigenvalue weighted by Gasteiger charge is -2.12. The van der Waals surface area contributed by atoms with Crippen molar-refractivity contribution < 1.29 is 5.11 Å². The summed E-state index contributed by atoms with van der Waals surface area (Å²) in [5.74, 6) is 0.811. The van der Waals surface area contributed by atoms with E-state index in [1.54, 1.807) is 11.3 Å². The fraction of sp³-hybridized carbons (Fsp3) is 0.455. The SMILES string of the molecule is CC(C)n1ncnc1CC(O)c1cscc1Br. The van der Waals surface area contributed by atoms with Crippen LogP contribution in [0.25, 0.3) is 0 Å². The molecule has 0 aromatic carbocycles. The summed E-state index contributed by atoms with van der Waals surface area (Å²) >= 11 is 4.99. The van der Waals surface area contributed by atoms with Crippen LogP contribution in [0.2, 0.25) is 0 Å². The molecular formula is C11H14BrN3OS. The van der Waals surface area contributed by atoms with Gasteiger partial charge in [0.2, 0.25) is 0 Å². The number of nitrogens with zero attached hydrogens (tertiary/aromatic N) is 3. The van der Waals surface area contributed by atoms with Gasteiger partial charge >= 0.3 is 0 Å². The third-order valence-electron chi connectivity index (χ3n) is 2.51. The standard InChI is InChI=1S/C11H14BrN3OS/c1-7(2)15-11(13-6-14-15)3-10(16)8-4-17-5-9(8)12/h4-7,10,16H,3H2,1-2H3. The van der Waals surface area contributed by atoms with E-state index in [-0.39, 0.29) is 6.04 Å². The minimum atomic E-state index is -0.544. The van der Waals surface area contributed by atoms with Gasteiger partial charge in [0.1, 0.15) is 12.2 Å². The molecule has 6 heteroatoms. The van der Waals surface area contributed by atoms with Gasteiger partial charge in [0.25, 0.3) is 0 Å². The number of aromatic nitrogens is 3. The molecular weight excluding hydrogens is 302 g/mol. The lowest BCUT2D eigenvalue weighted by molar-refractivity contribution is 0.173. The molecule has 0 spiro atoms. The van der Waals surface area contributed by atoms with Gasteiger partial charge in [-0.25, -0.2) is 9.67 Å². The Morgan fingerprint density at radius 2 is 2.24 bits per heavy atom. The highest BCUT2D eigenvalue weighted by molar-refractivity contribution is 9.10. The van der Waals surface area contributed by atoms with E-state index in [0.29, 0.717) is 6.42 Å². The number of thiophene rings is 1. The number of aliphatic hydroxyl groups excluding tert-OH is 1. The lowest BCUT2D eigenvalue weighted by Crippen LogP contribution is -2.12. The highest BCUT2D eigenvalue weighted by Crippen LogP contribution is 2.29. The van der Waals surface area contributed by atoms with Crippen molar-refractivity contribution in [3.63, 3.8) is 0 Å². The maximum atomic E-state index is 10.2. The highest BCUT2D eigenvalue weighted by atomic mass is 79.9. The Morgan fingerprint density at radius 1 is 1.47 bits per heavy atom. The van der Waals surface area contributed by atoms with Crippen LogP contribution in [0.4, 0.5) is 0 Å². The van der Waals surface area contributed by atoms with Crippen molar-refractivity contribution in [1.29, 1.82) is 0 Å². The number of hydrogen-bond donors (Lipinski definition) is 1. The molecule has 0 aliphatic rings. The zero-order chi connectivity index (χ0) is 12.4. The van der Waals surface area contributed by atoms with Crippen LogP contribution in [0.3, 0.4) is 0 Å². The molecule has 1 atom stereocenters. The molecule has 2 aromatic heterocycles. The van der Waals surface area contributed by atoms with Crippen LogP contribution in [-0.4, -0.2) is 19.9 Å². The van der Waals surface area contributed by atoms with Crippen LogP contribution in [0, 0.1) is 0 Å². The van der Waals surface area contributed by atoms with E-state index in [0.717, 1.165) is 15.9 Å². The topological polar surface area (TPSA) is 50.9 Å². The monoisotopic (exact) mass is 315 g/mol. The van der Waals surface area contributed by atoms with Gasteiger partial charge in [-0.2, -0.15) is 16.4 Å². The lowest BCUT2D eigenvalue weighted by atomic mass is 10.1. The first kappa shape index (κ1) is 12.7. The van der Waals surface area contributed by atoms with Crippen molar-refractivity contribution >= 4 is 27.3 Å². The molecule has 0 aliphatic carbocycles. The summed E-state index contributed by atoms with van der Waals surface area (Å²) in [6.07, 6.45) is 1.47. The summed E-state index contributed by atoms with van der Waals surface area (Å²) in [7, 11) is 0. The summed E-state index contributed by atoms with van der Waals surface area (Å²) in [4.78, 5) is 4.20. The van der Waals surface area contributed by atoms with Gasteiger partial charge in [-0.15, -0.1) is 0 Å². The van der Waals surface area contributed by atoms with Crippen molar-refractivity contribution in [3.8, 4) is 0 Å². The van der Waals surface area contributed by atoms with Crippen LogP contribution in [0.5, 0.6) is 0 Å². The Morgan fingerprint density at radius 3 is 2.82 bits per heavy atom. The molecule has 0 aliphatic heterocycles. The second-order valence-corrected chi connectivity index (χ2v) is 5.71. The van der Waals surface area contributed by atoms with Crippen LogP contribution in [-0.2, 0) is 6.42 Å².